The molecule has 6 aromatic rings. The second-order valence-corrected chi connectivity index (χ2v) is 13.2. The Labute approximate surface area is 295 Å². The minimum atomic E-state index is -0.860. The highest BCUT2D eigenvalue weighted by molar-refractivity contribution is 6.05. The van der Waals surface area contributed by atoms with E-state index in [-0.39, 0.29) is 5.56 Å². The molecule has 1 aliphatic rings. The fourth-order valence-electron chi connectivity index (χ4n) is 6.75. The minimum Gasteiger partial charge on any atom is -0.495 e. The Hall–Kier alpha value is -5.68. The predicted molar refractivity (Wildman–Crippen MR) is 195 cm³/mol. The molecule has 0 spiro atoms. The van der Waals surface area contributed by atoms with Gasteiger partial charge in [-0.3, -0.25) is 9.20 Å². The number of methoxy groups -OCH3 is 1. The lowest BCUT2D eigenvalue weighted by Crippen LogP contribution is -2.35. The zero-order valence-corrected chi connectivity index (χ0v) is 28.7. The zero-order valence-electron chi connectivity index (χ0n) is 28.7. The summed E-state index contributed by atoms with van der Waals surface area (Å²) in [5.74, 6) is -0.142. The lowest BCUT2D eigenvalue weighted by molar-refractivity contribution is 0.102. The quantitative estimate of drug-likeness (QED) is 0.149. The van der Waals surface area contributed by atoms with Crippen LogP contribution in [-0.4, -0.2) is 56.9 Å². The van der Waals surface area contributed by atoms with E-state index in [1.54, 1.807) is 37.6 Å². The van der Waals surface area contributed by atoms with Gasteiger partial charge in [0.15, 0.2) is 0 Å². The van der Waals surface area contributed by atoms with Crippen LogP contribution in [0.3, 0.4) is 0 Å². The van der Waals surface area contributed by atoms with Gasteiger partial charge in [0.05, 0.1) is 29.9 Å². The van der Waals surface area contributed by atoms with Crippen molar-refractivity contribution in [1.29, 1.82) is 0 Å². The summed E-state index contributed by atoms with van der Waals surface area (Å²) in [6.45, 7) is 7.87. The Morgan fingerprint density at radius 1 is 0.941 bits per heavy atom. The molecule has 1 amide bonds. The molecule has 0 aliphatic carbocycles. The molecule has 0 bridgehead atoms. The Balaban J connectivity index is 1.17. The maximum absolute atomic E-state index is 14.3. The van der Waals surface area contributed by atoms with Gasteiger partial charge in [0.2, 0.25) is 5.95 Å². The van der Waals surface area contributed by atoms with Crippen LogP contribution in [0.1, 0.15) is 48.5 Å². The van der Waals surface area contributed by atoms with E-state index in [0.29, 0.717) is 51.8 Å². The summed E-state index contributed by atoms with van der Waals surface area (Å²) in [6, 6.07) is 23.9. The van der Waals surface area contributed by atoms with Gasteiger partial charge in [-0.2, -0.15) is 0 Å². The number of para-hydroxylation sites is 1. The van der Waals surface area contributed by atoms with E-state index in [4.69, 9.17) is 14.7 Å². The summed E-state index contributed by atoms with van der Waals surface area (Å²) in [5, 5.41) is 5.71. The lowest BCUT2D eigenvalue weighted by atomic mass is 9.89. The Morgan fingerprint density at radius 3 is 2.49 bits per heavy atom. The molecule has 1 aliphatic heterocycles. The van der Waals surface area contributed by atoms with Crippen molar-refractivity contribution in [3.05, 3.63) is 120 Å². The number of amides is 1. The molecule has 7 rings (SSSR count). The molecule has 11 heteroatoms. The molecule has 9 nitrogen and oxygen atoms in total. The number of piperidine rings is 1. The number of carbonyl (C=O) groups excluding carboxylic acids is 1. The standard InChI is InChI=1S/C40H39F2N7O2/c1-25(2)24-48-20-16-26(17-21-48)27-13-14-32(34(23-27)51-3)44-40-43-18-15-33(45-40)38-36(46-35-12-4-5-19-49(35)38)28-8-6-9-29(22-28)39(50)47-37-30(41)10-7-11-31(37)42/h4-15,18-19,22-23,25-26H,16-17,20-21,24H2,1-3H3,(H,47,50)(H,43,44,45). The maximum atomic E-state index is 14.3. The third-order valence-corrected chi connectivity index (χ3v) is 9.18. The molecule has 0 saturated carbocycles. The molecule has 1 fully saturated rings. The third kappa shape index (κ3) is 7.29. The van der Waals surface area contributed by atoms with Crippen molar-refractivity contribution < 1.29 is 18.3 Å². The first-order chi connectivity index (χ1) is 24.8. The summed E-state index contributed by atoms with van der Waals surface area (Å²) in [4.78, 5) is 30.0. The third-order valence-electron chi connectivity index (χ3n) is 9.18. The molecular formula is C40H39F2N7O2. The van der Waals surface area contributed by atoms with E-state index in [0.717, 1.165) is 50.3 Å². The number of likely N-dealkylation sites (tertiary alicyclic amines) is 1. The first-order valence-corrected chi connectivity index (χ1v) is 17.1. The van der Waals surface area contributed by atoms with Crippen LogP contribution >= 0.6 is 0 Å². The van der Waals surface area contributed by atoms with Gasteiger partial charge in [-0.1, -0.05) is 44.2 Å². The Morgan fingerprint density at radius 2 is 1.73 bits per heavy atom. The summed E-state index contributed by atoms with van der Waals surface area (Å²) in [7, 11) is 1.67. The lowest BCUT2D eigenvalue weighted by Gasteiger charge is -2.33. The van der Waals surface area contributed by atoms with Crippen molar-refractivity contribution in [1.82, 2.24) is 24.3 Å². The molecule has 0 radical (unpaired) electrons. The molecule has 260 valence electrons. The van der Waals surface area contributed by atoms with E-state index in [9.17, 15) is 13.6 Å². The van der Waals surface area contributed by atoms with Crippen LogP contribution in [-0.2, 0) is 0 Å². The van der Waals surface area contributed by atoms with Gasteiger partial charge in [-0.05, 0) is 97.9 Å². The van der Waals surface area contributed by atoms with Crippen LogP contribution in [0.5, 0.6) is 5.75 Å². The van der Waals surface area contributed by atoms with Gasteiger partial charge < -0.3 is 20.3 Å². The van der Waals surface area contributed by atoms with E-state index < -0.39 is 23.2 Å². The number of hydrogen-bond acceptors (Lipinski definition) is 7. The number of hydrogen-bond donors (Lipinski definition) is 2. The van der Waals surface area contributed by atoms with E-state index in [1.807, 2.05) is 40.9 Å². The van der Waals surface area contributed by atoms with Crippen molar-refractivity contribution in [2.24, 2.45) is 5.92 Å². The maximum Gasteiger partial charge on any atom is 0.255 e. The summed E-state index contributed by atoms with van der Waals surface area (Å²) in [5.41, 5.74) is 4.85. The van der Waals surface area contributed by atoms with Gasteiger partial charge in [0.25, 0.3) is 5.91 Å². The van der Waals surface area contributed by atoms with Crippen LogP contribution in [0, 0.1) is 17.6 Å². The second kappa shape index (κ2) is 14.7. The Kier molecular flexibility index (Phi) is 9.72. The van der Waals surface area contributed by atoms with Crippen molar-refractivity contribution in [3.63, 3.8) is 0 Å². The van der Waals surface area contributed by atoms with Crippen molar-refractivity contribution in [3.8, 4) is 28.4 Å². The smallest absolute Gasteiger partial charge is 0.255 e. The molecule has 51 heavy (non-hydrogen) atoms. The number of aromatic nitrogens is 4. The van der Waals surface area contributed by atoms with Crippen LogP contribution < -0.4 is 15.4 Å². The highest BCUT2D eigenvalue weighted by atomic mass is 19.1. The van der Waals surface area contributed by atoms with E-state index in [1.165, 1.54) is 11.6 Å². The average molecular weight is 688 g/mol. The van der Waals surface area contributed by atoms with Crippen LogP contribution in [0.4, 0.5) is 26.1 Å². The van der Waals surface area contributed by atoms with Gasteiger partial charge in [0.1, 0.15) is 28.7 Å². The molecule has 0 unspecified atom stereocenters. The first-order valence-electron chi connectivity index (χ1n) is 17.1. The summed E-state index contributed by atoms with van der Waals surface area (Å²) < 4.78 is 36.3. The first kappa shape index (κ1) is 33.8. The number of pyridine rings is 1. The number of rotatable bonds is 10. The van der Waals surface area contributed by atoms with E-state index in [2.05, 4.69) is 46.5 Å². The highest BCUT2D eigenvalue weighted by Gasteiger charge is 2.23. The monoisotopic (exact) mass is 687 g/mol. The molecule has 1 saturated heterocycles. The van der Waals surface area contributed by atoms with Crippen molar-refractivity contribution >= 4 is 28.9 Å². The van der Waals surface area contributed by atoms with Gasteiger partial charge in [-0.15, -0.1) is 0 Å². The van der Waals surface area contributed by atoms with Crippen LogP contribution in [0.15, 0.2) is 97.3 Å². The zero-order chi connectivity index (χ0) is 35.5. The Bertz CT molecular complexity index is 2170. The largest absolute Gasteiger partial charge is 0.495 e. The number of fused-ring (bicyclic) bond motifs is 1. The SMILES string of the molecule is COc1cc(C2CCN(CC(C)C)CC2)ccc1Nc1nccc(-c2c(-c3cccc(C(=O)Nc4c(F)cccc4F)c3)nc3ccccn23)n1. The van der Waals surface area contributed by atoms with Crippen LogP contribution in [0.2, 0.25) is 0 Å². The fraction of sp³-hybridized carbons (Fsp3) is 0.250. The molecule has 3 aromatic carbocycles. The highest BCUT2D eigenvalue weighted by Crippen LogP contribution is 2.36. The summed E-state index contributed by atoms with van der Waals surface area (Å²) in [6.07, 6.45) is 5.80. The molecule has 3 aromatic heterocycles. The number of imidazole rings is 1. The van der Waals surface area contributed by atoms with Crippen molar-refractivity contribution in [2.45, 2.75) is 32.6 Å². The second-order valence-electron chi connectivity index (χ2n) is 13.2. The number of carbonyl (C=O) groups is 1. The molecule has 0 atom stereocenters. The number of anilines is 3. The van der Waals surface area contributed by atoms with Gasteiger partial charge >= 0.3 is 0 Å². The predicted octanol–water partition coefficient (Wildman–Crippen LogP) is 8.58. The minimum absolute atomic E-state index is 0.208. The number of benzene rings is 3. The normalized spacial score (nSPS) is 13.8. The van der Waals surface area contributed by atoms with Gasteiger partial charge in [-0.25, -0.2) is 23.7 Å². The van der Waals surface area contributed by atoms with E-state index >= 15 is 0 Å². The molecule has 2 N–H and O–H groups in total. The topological polar surface area (TPSA) is 96.7 Å². The number of ether oxygens (including phenoxy) is 1. The number of nitrogens with zero attached hydrogens (tertiary/aromatic N) is 5. The fourth-order valence-corrected chi connectivity index (χ4v) is 6.75. The number of nitrogens with one attached hydrogen (secondary N) is 2. The number of halogens is 2. The average Bonchev–Trinajstić information content (AvgIpc) is 3.53. The summed E-state index contributed by atoms with van der Waals surface area (Å²) >= 11 is 0. The molecule has 4 heterocycles. The van der Waals surface area contributed by atoms with Crippen molar-refractivity contribution in [2.75, 3.05) is 37.4 Å². The molecular weight excluding hydrogens is 648 g/mol. The van der Waals surface area contributed by atoms with Gasteiger partial charge in [0, 0.05) is 30.1 Å². The van der Waals surface area contributed by atoms with Crippen LogP contribution in [0.25, 0.3) is 28.3 Å².